The van der Waals surface area contributed by atoms with Crippen LogP contribution < -0.4 is 0 Å². The van der Waals surface area contributed by atoms with Gasteiger partial charge in [0.05, 0.1) is 0 Å². The molecule has 0 heterocycles. The predicted octanol–water partition coefficient (Wildman–Crippen LogP) is 5.18. The molecule has 0 rings (SSSR count). The summed E-state index contributed by atoms with van der Waals surface area (Å²) in [6.45, 7) is 6.27. The molecule has 4 nitrogen and oxygen atoms in total. The third-order valence-corrected chi connectivity index (χ3v) is 3.78. The highest BCUT2D eigenvalue weighted by atomic mass is 20.4. The lowest BCUT2D eigenvalue weighted by Gasteiger charge is -2.13. The fourth-order valence-electron chi connectivity index (χ4n) is 2.35. The third-order valence-electron chi connectivity index (χ3n) is 3.78. The van der Waals surface area contributed by atoms with Gasteiger partial charge in [-0.1, -0.05) is 65.2 Å². The van der Waals surface area contributed by atoms with Gasteiger partial charge in [0.15, 0.2) is 0 Å². The van der Waals surface area contributed by atoms with E-state index in [9.17, 15) is 9.59 Å². The maximum absolute atomic E-state index is 11.6. The van der Waals surface area contributed by atoms with Crippen LogP contribution in [0.2, 0.25) is 0 Å². The summed E-state index contributed by atoms with van der Waals surface area (Å²) in [5, 5.41) is 0. The molecule has 0 spiro atoms. The van der Waals surface area contributed by atoms with E-state index in [4.69, 9.17) is 9.47 Å². The molecule has 23 heavy (non-hydrogen) atoms. The summed E-state index contributed by atoms with van der Waals surface area (Å²) in [6.07, 6.45) is 11.7. The van der Waals surface area contributed by atoms with Crippen molar-refractivity contribution in [2.24, 2.45) is 0 Å². The Morgan fingerprint density at radius 1 is 0.783 bits per heavy atom. The maximum atomic E-state index is 11.6. The molecular weight excluding hydrogens is 300 g/mol. The molecule has 0 fully saturated rings. The molecule has 0 aromatic rings. The summed E-state index contributed by atoms with van der Waals surface area (Å²) in [5.41, 5.74) is 0. The van der Waals surface area contributed by atoms with Gasteiger partial charge in [-0.15, -0.1) is 0 Å². The number of carbonyl (C=O) groups is 2. The van der Waals surface area contributed by atoms with Crippen LogP contribution in [0.15, 0.2) is 0 Å². The van der Waals surface area contributed by atoms with Crippen molar-refractivity contribution < 1.29 is 19.1 Å². The summed E-state index contributed by atoms with van der Waals surface area (Å²) < 4.78 is 10.4. The molecule has 4 heteroatoms. The van der Waals surface area contributed by atoms with Crippen LogP contribution in [-0.4, -0.2) is 24.6 Å². The van der Waals surface area contributed by atoms with Crippen molar-refractivity contribution in [2.75, 3.05) is 6.61 Å². The fraction of sp³-hybridized carbons (Fsp3) is 0.895. The lowest BCUT2D eigenvalue weighted by Crippen LogP contribution is -2.22. The lowest BCUT2D eigenvalue weighted by atomic mass is 10.1. The largest absolute Gasteiger partial charge is 0.462 e. The lowest BCUT2D eigenvalue weighted by molar-refractivity contribution is -0.158. The number of ether oxygens (including phenoxy) is 2. The monoisotopic (exact) mass is 336 g/mol. The SMILES string of the molecule is CCCCCCCC(=O)O[20CH2]C(C)OC(=O)CCCCCCC. The molecule has 1 atom stereocenters. The summed E-state index contributed by atoms with van der Waals surface area (Å²) in [6, 6.07) is 0. The molecule has 136 valence electrons. The first kappa shape index (κ1) is 21.9. The molecule has 0 saturated heterocycles. The van der Waals surface area contributed by atoms with Gasteiger partial charge in [-0.05, 0) is 19.8 Å². The van der Waals surface area contributed by atoms with Gasteiger partial charge < -0.3 is 9.47 Å². The molecular formula is C19H36O4. The van der Waals surface area contributed by atoms with Crippen LogP contribution >= 0.6 is 0 Å². The van der Waals surface area contributed by atoms with E-state index in [1.165, 1.54) is 38.5 Å². The number of unbranched alkanes of at least 4 members (excludes halogenated alkanes) is 8. The van der Waals surface area contributed by atoms with Crippen LogP contribution in [0, 0.1) is 0 Å². The number of hydrogen-bond donors (Lipinski definition) is 0. The average Bonchev–Trinajstić information content (AvgIpc) is 2.52. The second kappa shape index (κ2) is 15.8. The first-order valence-electron chi connectivity index (χ1n) is 9.45. The third kappa shape index (κ3) is 15.6. The Kier molecular flexibility index (Phi) is 15.1. The minimum absolute atomic E-state index is 0.162. The Labute approximate surface area is 142 Å². The van der Waals surface area contributed by atoms with Gasteiger partial charge in [-0.3, -0.25) is 9.59 Å². The zero-order valence-corrected chi connectivity index (χ0v) is 15.4. The molecule has 0 aliphatic carbocycles. The van der Waals surface area contributed by atoms with Gasteiger partial charge in [0, 0.05) is 12.8 Å². The second-order valence-electron chi connectivity index (χ2n) is 6.31. The first-order chi connectivity index (χ1) is 11.1. The predicted molar refractivity (Wildman–Crippen MR) is 93.3 cm³/mol. The quantitative estimate of drug-likeness (QED) is 0.305. The van der Waals surface area contributed by atoms with Crippen LogP contribution in [0.25, 0.3) is 0 Å². The van der Waals surface area contributed by atoms with Crippen molar-refractivity contribution >= 4 is 11.9 Å². The van der Waals surface area contributed by atoms with E-state index in [1.807, 2.05) is 0 Å². The van der Waals surface area contributed by atoms with Gasteiger partial charge in [-0.25, -0.2) is 0 Å². The Bertz CT molecular complexity index is 302. The minimum Gasteiger partial charge on any atom is -0.462 e. The summed E-state index contributed by atoms with van der Waals surface area (Å²) >= 11 is 0. The molecule has 0 amide bonds. The standard InChI is InChI=1S/C19H36O4/c1-4-6-8-10-12-14-18(20)22-16-17(3)23-19(21)15-13-11-9-7-5-2/h17H,4-16H2,1-3H3/i16+8. The van der Waals surface area contributed by atoms with E-state index >= 15 is 0 Å². The van der Waals surface area contributed by atoms with Gasteiger partial charge >= 0.3 is 11.9 Å². The first-order valence-corrected chi connectivity index (χ1v) is 9.45. The van der Waals surface area contributed by atoms with Crippen molar-refractivity contribution in [1.82, 2.24) is 0 Å². The molecule has 1 unspecified atom stereocenters. The molecule has 0 aromatic carbocycles. The molecule has 0 aliphatic heterocycles. The Morgan fingerprint density at radius 2 is 1.26 bits per heavy atom. The summed E-state index contributed by atoms with van der Waals surface area (Å²) in [4.78, 5) is 23.2. The number of rotatable bonds is 15. The van der Waals surface area contributed by atoms with Gasteiger partial charge in [0.1, 0.15) is 12.7 Å². The van der Waals surface area contributed by atoms with Crippen LogP contribution in [-0.2, 0) is 19.1 Å². The topological polar surface area (TPSA) is 52.6 Å². The van der Waals surface area contributed by atoms with E-state index in [0.717, 1.165) is 25.7 Å². The molecule has 0 radical (unpaired) electrons. The van der Waals surface area contributed by atoms with Gasteiger partial charge in [-0.2, -0.15) is 0 Å². The number of hydrogen-bond acceptors (Lipinski definition) is 4. The zero-order chi connectivity index (χ0) is 17.3. The highest BCUT2D eigenvalue weighted by Crippen LogP contribution is 2.08. The highest BCUT2D eigenvalue weighted by molar-refractivity contribution is 5.70. The Morgan fingerprint density at radius 3 is 1.78 bits per heavy atom. The zero-order valence-electron chi connectivity index (χ0n) is 15.4. The van der Waals surface area contributed by atoms with E-state index in [-0.39, 0.29) is 24.6 Å². The second-order valence-corrected chi connectivity index (χ2v) is 6.31. The van der Waals surface area contributed by atoms with Crippen molar-refractivity contribution in [3.05, 3.63) is 0 Å². The Hall–Kier alpha value is -1.06. The van der Waals surface area contributed by atoms with E-state index in [2.05, 4.69) is 13.8 Å². The molecule has 0 bridgehead atoms. The van der Waals surface area contributed by atoms with Crippen LogP contribution in [0.5, 0.6) is 0 Å². The van der Waals surface area contributed by atoms with Crippen molar-refractivity contribution in [3.63, 3.8) is 0 Å². The number of esters is 2. The van der Waals surface area contributed by atoms with E-state index < -0.39 is 0 Å². The van der Waals surface area contributed by atoms with Crippen molar-refractivity contribution in [1.29, 1.82) is 0 Å². The maximum Gasteiger partial charge on any atom is 0.306 e. The summed E-state index contributed by atoms with van der Waals surface area (Å²) in [7, 11) is 0. The van der Waals surface area contributed by atoms with Crippen LogP contribution in [0.4, 0.5) is 0 Å². The Balaban J connectivity index is 3.55. The van der Waals surface area contributed by atoms with Crippen LogP contribution in [0.1, 0.15) is 97.8 Å². The smallest absolute Gasteiger partial charge is 0.306 e. The van der Waals surface area contributed by atoms with Gasteiger partial charge in [0.2, 0.25) is 0 Å². The van der Waals surface area contributed by atoms with E-state index in [0.29, 0.717) is 12.8 Å². The number of carbonyl (C=O) groups excluding carboxylic acids is 2. The highest BCUT2D eigenvalue weighted by Gasteiger charge is 2.12. The molecule has 0 saturated carbocycles. The molecule has 0 aliphatic rings. The normalized spacial score (nSPS) is 12.0. The fourth-order valence-corrected chi connectivity index (χ4v) is 2.35. The van der Waals surface area contributed by atoms with Crippen molar-refractivity contribution in [2.45, 2.75) is 104 Å². The minimum atomic E-state index is -0.359. The van der Waals surface area contributed by atoms with Crippen molar-refractivity contribution in [3.8, 4) is 0 Å². The summed E-state index contributed by atoms with van der Waals surface area (Å²) in [5.74, 6) is -0.381. The average molecular weight is 337 g/mol. The van der Waals surface area contributed by atoms with Crippen LogP contribution in [0.3, 0.4) is 0 Å². The van der Waals surface area contributed by atoms with Gasteiger partial charge in [0.25, 0.3) is 0 Å². The molecule has 0 aromatic heterocycles. The molecule has 0 N–H and O–H groups in total. The van der Waals surface area contributed by atoms with E-state index in [1.54, 1.807) is 6.92 Å².